The van der Waals surface area contributed by atoms with Crippen LogP contribution in [0.1, 0.15) is 34.6 Å². The van der Waals surface area contributed by atoms with Gasteiger partial charge in [0.2, 0.25) is 0 Å². The molecule has 12 nitrogen and oxygen atoms in total. The second-order valence-electron chi connectivity index (χ2n) is 6.16. The highest BCUT2D eigenvalue weighted by molar-refractivity contribution is 5.69. The highest BCUT2D eigenvalue weighted by Gasteiger charge is 2.54. The fourth-order valence-corrected chi connectivity index (χ4v) is 2.73. The van der Waals surface area contributed by atoms with Crippen LogP contribution >= 0.6 is 0 Å². The zero-order valence-corrected chi connectivity index (χ0v) is 16.6. The second kappa shape index (κ2) is 10.7. The van der Waals surface area contributed by atoms with E-state index in [9.17, 15) is 29.1 Å². The van der Waals surface area contributed by atoms with Gasteiger partial charge in [-0.2, -0.15) is 0 Å². The standard InChI is InChI=1S/C17H24O12/c1-7(18)24-6-12(25-8(2)19)13-14(26-9(3)20)15(27-10(4)21)16(17(23)29-13)28-11(5)22/h12-17,23H,6H2,1-5H3/t12-,13+,14-,15-,16-,17-/m1/s1. The van der Waals surface area contributed by atoms with Crippen LogP contribution in [0.5, 0.6) is 0 Å². The van der Waals surface area contributed by atoms with Crippen LogP contribution in [0.3, 0.4) is 0 Å². The van der Waals surface area contributed by atoms with Gasteiger partial charge in [0.1, 0.15) is 12.7 Å². The zero-order valence-electron chi connectivity index (χ0n) is 16.6. The summed E-state index contributed by atoms with van der Waals surface area (Å²) in [4.78, 5) is 57.2. The minimum absolute atomic E-state index is 0.505. The lowest BCUT2D eigenvalue weighted by Gasteiger charge is -2.44. The number of rotatable bonds is 7. The number of hydrogen-bond acceptors (Lipinski definition) is 12. The predicted octanol–water partition coefficient (Wildman–Crippen LogP) is -1.01. The molecule has 6 atom stereocenters. The summed E-state index contributed by atoms with van der Waals surface area (Å²) in [6, 6.07) is 0. The van der Waals surface area contributed by atoms with Crippen LogP contribution in [0.15, 0.2) is 0 Å². The summed E-state index contributed by atoms with van der Waals surface area (Å²) in [7, 11) is 0. The minimum Gasteiger partial charge on any atom is -0.462 e. The first-order valence-corrected chi connectivity index (χ1v) is 8.58. The molecule has 1 aliphatic rings. The summed E-state index contributed by atoms with van der Waals surface area (Å²) in [5.41, 5.74) is 0. The molecule has 1 heterocycles. The van der Waals surface area contributed by atoms with Crippen LogP contribution in [-0.4, -0.2) is 78.4 Å². The van der Waals surface area contributed by atoms with E-state index in [2.05, 4.69) is 0 Å². The van der Waals surface area contributed by atoms with Crippen molar-refractivity contribution in [2.45, 2.75) is 71.4 Å². The normalized spacial score (nSPS) is 27.2. The van der Waals surface area contributed by atoms with Crippen LogP contribution in [0.25, 0.3) is 0 Å². The van der Waals surface area contributed by atoms with E-state index in [1.807, 2.05) is 0 Å². The Balaban J connectivity index is 3.34. The molecule has 0 radical (unpaired) electrons. The van der Waals surface area contributed by atoms with Crippen molar-refractivity contribution in [3.8, 4) is 0 Å². The van der Waals surface area contributed by atoms with Gasteiger partial charge in [0.25, 0.3) is 0 Å². The Morgan fingerprint density at radius 2 is 1.24 bits per heavy atom. The van der Waals surface area contributed by atoms with Gasteiger partial charge >= 0.3 is 29.8 Å². The van der Waals surface area contributed by atoms with Crippen molar-refractivity contribution in [1.29, 1.82) is 0 Å². The van der Waals surface area contributed by atoms with Gasteiger partial charge in [-0.3, -0.25) is 24.0 Å². The van der Waals surface area contributed by atoms with Crippen molar-refractivity contribution in [1.82, 2.24) is 0 Å². The number of esters is 5. The van der Waals surface area contributed by atoms with Gasteiger partial charge in [-0.25, -0.2) is 0 Å². The Bertz CT molecular complexity index is 644. The van der Waals surface area contributed by atoms with Crippen molar-refractivity contribution in [3.63, 3.8) is 0 Å². The fourth-order valence-electron chi connectivity index (χ4n) is 2.73. The Morgan fingerprint density at radius 3 is 1.69 bits per heavy atom. The lowest BCUT2D eigenvalue weighted by atomic mass is 9.94. The monoisotopic (exact) mass is 420 g/mol. The Labute approximate surface area is 166 Å². The Morgan fingerprint density at radius 1 is 0.759 bits per heavy atom. The van der Waals surface area contributed by atoms with Gasteiger partial charge in [-0.05, 0) is 0 Å². The number of aliphatic hydroxyl groups is 1. The third-order valence-electron chi connectivity index (χ3n) is 3.59. The smallest absolute Gasteiger partial charge is 0.303 e. The molecule has 164 valence electrons. The molecule has 29 heavy (non-hydrogen) atoms. The van der Waals surface area contributed by atoms with Crippen molar-refractivity contribution >= 4 is 29.8 Å². The molecule has 0 saturated carbocycles. The fraction of sp³-hybridized carbons (Fsp3) is 0.706. The van der Waals surface area contributed by atoms with E-state index < -0.39 is 73.3 Å². The molecule has 0 spiro atoms. The van der Waals surface area contributed by atoms with Crippen molar-refractivity contribution in [3.05, 3.63) is 0 Å². The molecule has 0 aromatic carbocycles. The SMILES string of the molecule is CC(=O)OC[C@@H](OC(C)=O)[C@@H]1O[C@@H](O)[C@H](OC(C)=O)[C@H](OC(C)=O)[C@@H]1OC(C)=O. The van der Waals surface area contributed by atoms with E-state index in [1.165, 1.54) is 0 Å². The average Bonchev–Trinajstić information content (AvgIpc) is 2.55. The van der Waals surface area contributed by atoms with Gasteiger partial charge < -0.3 is 33.5 Å². The maximum absolute atomic E-state index is 11.6. The first-order chi connectivity index (χ1) is 13.4. The number of aliphatic hydroxyl groups excluding tert-OH is 1. The molecule has 0 aliphatic carbocycles. The summed E-state index contributed by atoms with van der Waals surface area (Å²) in [6.07, 6.45) is -9.10. The topological polar surface area (TPSA) is 161 Å². The summed E-state index contributed by atoms with van der Waals surface area (Å²) >= 11 is 0. The molecule has 1 aliphatic heterocycles. The highest BCUT2D eigenvalue weighted by atomic mass is 16.7. The van der Waals surface area contributed by atoms with Crippen LogP contribution in [0, 0.1) is 0 Å². The first kappa shape index (κ1) is 24.3. The van der Waals surface area contributed by atoms with E-state index in [-0.39, 0.29) is 0 Å². The van der Waals surface area contributed by atoms with Crippen LogP contribution in [0.4, 0.5) is 0 Å². The lowest BCUT2D eigenvalue weighted by molar-refractivity contribution is -0.306. The van der Waals surface area contributed by atoms with Gasteiger partial charge in [0.15, 0.2) is 30.7 Å². The molecule has 0 aromatic rings. The minimum atomic E-state index is -1.84. The van der Waals surface area contributed by atoms with E-state index >= 15 is 0 Å². The number of hydrogen-bond donors (Lipinski definition) is 1. The molecule has 0 unspecified atom stereocenters. The molecule has 0 amide bonds. The van der Waals surface area contributed by atoms with Gasteiger partial charge in [0.05, 0.1) is 0 Å². The number of ether oxygens (including phenoxy) is 6. The summed E-state index contributed by atoms with van der Waals surface area (Å²) in [5.74, 6) is -3.97. The van der Waals surface area contributed by atoms with E-state index in [0.29, 0.717) is 0 Å². The molecular weight excluding hydrogens is 396 g/mol. The van der Waals surface area contributed by atoms with Crippen LogP contribution in [0.2, 0.25) is 0 Å². The van der Waals surface area contributed by atoms with Crippen molar-refractivity contribution in [2.75, 3.05) is 6.61 Å². The van der Waals surface area contributed by atoms with Gasteiger partial charge in [-0.1, -0.05) is 0 Å². The third kappa shape index (κ3) is 7.66. The molecule has 0 bridgehead atoms. The van der Waals surface area contributed by atoms with Crippen LogP contribution in [-0.2, 0) is 52.4 Å². The van der Waals surface area contributed by atoms with Gasteiger partial charge in [-0.15, -0.1) is 0 Å². The molecule has 1 saturated heterocycles. The molecule has 0 aromatic heterocycles. The predicted molar refractivity (Wildman–Crippen MR) is 89.7 cm³/mol. The molecule has 12 heteroatoms. The summed E-state index contributed by atoms with van der Waals surface area (Å²) in [6.45, 7) is 4.84. The number of carbonyl (C=O) groups excluding carboxylic acids is 5. The maximum atomic E-state index is 11.6. The average molecular weight is 420 g/mol. The van der Waals surface area contributed by atoms with E-state index in [4.69, 9.17) is 28.4 Å². The van der Waals surface area contributed by atoms with Crippen molar-refractivity contribution < 1.29 is 57.5 Å². The Hall–Kier alpha value is -2.73. The van der Waals surface area contributed by atoms with Crippen molar-refractivity contribution in [2.24, 2.45) is 0 Å². The largest absolute Gasteiger partial charge is 0.462 e. The highest BCUT2D eigenvalue weighted by Crippen LogP contribution is 2.30. The molecule has 1 fully saturated rings. The third-order valence-corrected chi connectivity index (χ3v) is 3.59. The summed E-state index contributed by atoms with van der Waals surface area (Å²) < 4.78 is 30.5. The number of carbonyl (C=O) groups is 5. The van der Waals surface area contributed by atoms with Gasteiger partial charge in [0, 0.05) is 34.6 Å². The van der Waals surface area contributed by atoms with E-state index in [1.54, 1.807) is 0 Å². The molecule has 1 N–H and O–H groups in total. The second-order valence-corrected chi connectivity index (χ2v) is 6.16. The lowest BCUT2D eigenvalue weighted by Crippen LogP contribution is -2.64. The summed E-state index contributed by atoms with van der Waals surface area (Å²) in [5, 5.41) is 10.3. The van der Waals surface area contributed by atoms with E-state index in [0.717, 1.165) is 34.6 Å². The first-order valence-electron chi connectivity index (χ1n) is 8.58. The quantitative estimate of drug-likeness (QED) is 0.395. The Kier molecular flexibility index (Phi) is 8.98. The van der Waals surface area contributed by atoms with Crippen LogP contribution < -0.4 is 0 Å². The maximum Gasteiger partial charge on any atom is 0.303 e. The molecule has 1 rings (SSSR count). The molecular formula is C17H24O12. The zero-order chi connectivity index (χ0) is 22.3.